The van der Waals surface area contributed by atoms with E-state index in [4.69, 9.17) is 10.5 Å². The Labute approximate surface area is 128 Å². The predicted molar refractivity (Wildman–Crippen MR) is 81.9 cm³/mol. The number of nitrogens with two attached hydrogens (primary N) is 1. The van der Waals surface area contributed by atoms with Crippen LogP contribution >= 0.6 is 0 Å². The van der Waals surface area contributed by atoms with Gasteiger partial charge in [-0.25, -0.2) is 9.86 Å². The fourth-order valence-corrected chi connectivity index (χ4v) is 2.75. The Bertz CT molecular complexity index is 654. The number of hydrogen-bond donors (Lipinski definition) is 2. The van der Waals surface area contributed by atoms with Gasteiger partial charge in [0.25, 0.3) is 0 Å². The van der Waals surface area contributed by atoms with Gasteiger partial charge in [0.05, 0.1) is 6.04 Å². The van der Waals surface area contributed by atoms with Crippen LogP contribution in [0.5, 0.6) is 11.5 Å². The summed E-state index contributed by atoms with van der Waals surface area (Å²) in [7, 11) is 0. The van der Waals surface area contributed by atoms with E-state index in [-0.39, 0.29) is 12.0 Å². The second-order valence-corrected chi connectivity index (χ2v) is 5.46. The third-order valence-electron chi connectivity index (χ3n) is 4.01. The maximum atomic E-state index is 11.0. The number of para-hydroxylation sites is 2. The molecule has 1 fully saturated rings. The zero-order chi connectivity index (χ0) is 15.5. The molecular weight excluding hydrogens is 280 g/mol. The van der Waals surface area contributed by atoms with E-state index in [2.05, 4.69) is 0 Å². The number of urea groups is 1. The summed E-state index contributed by atoms with van der Waals surface area (Å²) in [5.74, 6) is 1.84. The molecule has 0 saturated heterocycles. The molecule has 0 aromatic heterocycles. The summed E-state index contributed by atoms with van der Waals surface area (Å²) in [5, 5.41) is 10.2. The Morgan fingerprint density at radius 2 is 1.73 bits per heavy atom. The molecule has 0 atom stereocenters. The van der Waals surface area contributed by atoms with Gasteiger partial charge < -0.3 is 10.5 Å². The van der Waals surface area contributed by atoms with Gasteiger partial charge >= 0.3 is 6.03 Å². The molecule has 1 aliphatic carbocycles. The summed E-state index contributed by atoms with van der Waals surface area (Å²) >= 11 is 0. The molecule has 22 heavy (non-hydrogen) atoms. The van der Waals surface area contributed by atoms with Crippen molar-refractivity contribution < 1.29 is 14.7 Å². The fraction of sp³-hybridized carbons (Fsp3) is 0.235. The number of hydroxylamine groups is 2. The van der Waals surface area contributed by atoms with Crippen LogP contribution in [0.2, 0.25) is 0 Å². The fourth-order valence-electron chi connectivity index (χ4n) is 2.75. The summed E-state index contributed by atoms with van der Waals surface area (Å²) in [6, 6.07) is 16.4. The van der Waals surface area contributed by atoms with E-state index >= 15 is 0 Å². The van der Waals surface area contributed by atoms with Crippen LogP contribution in [0.25, 0.3) is 0 Å². The van der Waals surface area contributed by atoms with Crippen molar-refractivity contribution in [2.45, 2.75) is 24.8 Å². The number of ether oxygens (including phenoxy) is 1. The molecule has 5 heteroatoms. The highest BCUT2D eigenvalue weighted by atomic mass is 16.5. The summed E-state index contributed by atoms with van der Waals surface area (Å²) in [6.07, 6.45) is 1.35. The van der Waals surface area contributed by atoms with Crippen molar-refractivity contribution in [2.75, 3.05) is 0 Å². The monoisotopic (exact) mass is 298 g/mol. The third kappa shape index (κ3) is 2.89. The van der Waals surface area contributed by atoms with Gasteiger partial charge in [-0.05, 0) is 42.5 Å². The SMILES string of the molecule is NC(=O)N(O)[C@H]1C[C@@H](c2ccccc2Oc2ccccc2)C1. The smallest absolute Gasteiger partial charge is 0.338 e. The van der Waals surface area contributed by atoms with Crippen LogP contribution < -0.4 is 10.5 Å². The molecule has 2 aromatic rings. The molecular formula is C17H18N2O3. The van der Waals surface area contributed by atoms with Gasteiger partial charge in [-0.15, -0.1) is 0 Å². The lowest BCUT2D eigenvalue weighted by Gasteiger charge is -2.39. The van der Waals surface area contributed by atoms with Crippen LogP contribution in [0.15, 0.2) is 54.6 Å². The average molecular weight is 298 g/mol. The van der Waals surface area contributed by atoms with E-state index in [1.54, 1.807) is 0 Å². The molecule has 3 rings (SSSR count). The minimum Gasteiger partial charge on any atom is -0.457 e. The molecule has 0 radical (unpaired) electrons. The Balaban J connectivity index is 1.72. The summed E-state index contributed by atoms with van der Waals surface area (Å²) in [5.41, 5.74) is 6.16. The highest BCUT2D eigenvalue weighted by Gasteiger charge is 2.37. The molecule has 114 valence electrons. The molecule has 0 heterocycles. The first-order chi connectivity index (χ1) is 10.6. The zero-order valence-corrected chi connectivity index (χ0v) is 12.1. The lowest BCUT2D eigenvalue weighted by molar-refractivity contribution is -0.102. The lowest BCUT2D eigenvalue weighted by atomic mass is 9.75. The van der Waals surface area contributed by atoms with Crippen LogP contribution in [0.1, 0.15) is 24.3 Å². The molecule has 2 amide bonds. The van der Waals surface area contributed by atoms with Crippen molar-refractivity contribution in [2.24, 2.45) is 5.73 Å². The van der Waals surface area contributed by atoms with Crippen molar-refractivity contribution in [3.05, 3.63) is 60.2 Å². The van der Waals surface area contributed by atoms with E-state index in [1.165, 1.54) is 0 Å². The van der Waals surface area contributed by atoms with Crippen molar-refractivity contribution in [3.8, 4) is 11.5 Å². The van der Waals surface area contributed by atoms with Gasteiger partial charge in [0.15, 0.2) is 0 Å². The van der Waals surface area contributed by atoms with Gasteiger partial charge in [0.1, 0.15) is 11.5 Å². The van der Waals surface area contributed by atoms with E-state index in [0.29, 0.717) is 17.9 Å². The largest absolute Gasteiger partial charge is 0.457 e. The van der Waals surface area contributed by atoms with Crippen molar-refractivity contribution in [1.82, 2.24) is 5.06 Å². The Morgan fingerprint density at radius 1 is 1.09 bits per heavy atom. The lowest BCUT2D eigenvalue weighted by Crippen LogP contribution is -2.47. The quantitative estimate of drug-likeness (QED) is 0.670. The van der Waals surface area contributed by atoms with Crippen molar-refractivity contribution in [3.63, 3.8) is 0 Å². The molecule has 1 aliphatic rings. The van der Waals surface area contributed by atoms with E-state index in [9.17, 15) is 10.0 Å². The summed E-state index contributed by atoms with van der Waals surface area (Å²) < 4.78 is 5.94. The van der Waals surface area contributed by atoms with Gasteiger partial charge in [0.2, 0.25) is 0 Å². The number of primary amides is 1. The number of carbonyl (C=O) groups excluding carboxylic acids is 1. The van der Waals surface area contributed by atoms with Crippen LogP contribution in [0, 0.1) is 0 Å². The van der Waals surface area contributed by atoms with Crippen LogP contribution in [-0.4, -0.2) is 22.3 Å². The molecule has 1 saturated carbocycles. The topological polar surface area (TPSA) is 75.8 Å². The molecule has 5 nitrogen and oxygen atoms in total. The Kier molecular flexibility index (Phi) is 3.98. The number of nitrogens with zero attached hydrogens (tertiary/aromatic N) is 1. The predicted octanol–water partition coefficient (Wildman–Crippen LogP) is 3.49. The van der Waals surface area contributed by atoms with Crippen LogP contribution in [0.3, 0.4) is 0 Å². The summed E-state index contributed by atoms with van der Waals surface area (Å²) in [4.78, 5) is 11.0. The number of hydrogen-bond acceptors (Lipinski definition) is 3. The molecule has 0 unspecified atom stereocenters. The second-order valence-electron chi connectivity index (χ2n) is 5.46. The van der Waals surface area contributed by atoms with E-state index in [0.717, 1.165) is 17.1 Å². The average Bonchev–Trinajstić information content (AvgIpc) is 2.48. The number of carbonyl (C=O) groups is 1. The highest BCUT2D eigenvalue weighted by Crippen LogP contribution is 2.43. The minimum absolute atomic E-state index is 0.215. The molecule has 0 spiro atoms. The standard InChI is InChI=1S/C17H18N2O3/c18-17(20)19(21)13-10-12(11-13)15-8-4-5-9-16(15)22-14-6-2-1-3-7-14/h1-9,12-13,21H,10-11H2,(H2,18,20)/t12-,13+. The highest BCUT2D eigenvalue weighted by molar-refractivity contribution is 5.71. The Morgan fingerprint density at radius 3 is 2.41 bits per heavy atom. The van der Waals surface area contributed by atoms with E-state index < -0.39 is 6.03 Å². The first-order valence-electron chi connectivity index (χ1n) is 7.24. The number of rotatable bonds is 4. The second kappa shape index (κ2) is 6.07. The number of benzene rings is 2. The third-order valence-corrected chi connectivity index (χ3v) is 4.01. The van der Waals surface area contributed by atoms with Crippen LogP contribution in [0.4, 0.5) is 4.79 Å². The first-order valence-corrected chi connectivity index (χ1v) is 7.24. The Hall–Kier alpha value is -2.53. The minimum atomic E-state index is -0.808. The van der Waals surface area contributed by atoms with Crippen LogP contribution in [-0.2, 0) is 0 Å². The number of amides is 2. The molecule has 0 bridgehead atoms. The molecule has 0 aliphatic heterocycles. The maximum Gasteiger partial charge on any atom is 0.338 e. The van der Waals surface area contributed by atoms with E-state index in [1.807, 2.05) is 54.6 Å². The van der Waals surface area contributed by atoms with Gasteiger partial charge in [-0.1, -0.05) is 36.4 Å². The van der Waals surface area contributed by atoms with Crippen molar-refractivity contribution in [1.29, 1.82) is 0 Å². The van der Waals surface area contributed by atoms with Gasteiger partial charge in [0, 0.05) is 0 Å². The molecule has 2 aromatic carbocycles. The van der Waals surface area contributed by atoms with Gasteiger partial charge in [-0.2, -0.15) is 0 Å². The molecule has 3 N–H and O–H groups in total. The van der Waals surface area contributed by atoms with Gasteiger partial charge in [-0.3, -0.25) is 5.21 Å². The zero-order valence-electron chi connectivity index (χ0n) is 12.1. The van der Waals surface area contributed by atoms with Crippen molar-refractivity contribution >= 4 is 6.03 Å². The first kappa shape index (κ1) is 14.4. The normalized spacial score (nSPS) is 20.0. The maximum absolute atomic E-state index is 11.0. The summed E-state index contributed by atoms with van der Waals surface area (Å²) in [6.45, 7) is 0.